The quantitative estimate of drug-likeness (QED) is 0.262. The summed E-state index contributed by atoms with van der Waals surface area (Å²) in [6.07, 6.45) is -0.711. The zero-order chi connectivity index (χ0) is 25.9. The van der Waals surface area contributed by atoms with Crippen molar-refractivity contribution in [1.29, 1.82) is 0 Å². The Bertz CT molecular complexity index is 1240. The van der Waals surface area contributed by atoms with Gasteiger partial charge in [-0.3, -0.25) is 4.74 Å². The van der Waals surface area contributed by atoms with E-state index in [1.165, 1.54) is 7.11 Å². The van der Waals surface area contributed by atoms with Gasteiger partial charge in [-0.2, -0.15) is 0 Å². The van der Waals surface area contributed by atoms with E-state index >= 15 is 0 Å². The molecule has 0 saturated heterocycles. The number of hydrogen-bond donors (Lipinski definition) is 1. The lowest BCUT2D eigenvalue weighted by Crippen LogP contribution is -2.44. The Morgan fingerprint density at radius 3 is 1.59 bits per heavy atom. The van der Waals surface area contributed by atoms with E-state index in [0.29, 0.717) is 0 Å². The number of nitrogens with zero attached hydrogens (tertiary/aromatic N) is 1. The highest BCUT2D eigenvalue weighted by molar-refractivity contribution is 7.87. The average Bonchev–Trinajstić information content (AvgIpc) is 2.97. The second-order valence-electron chi connectivity index (χ2n) is 8.25. The lowest BCUT2D eigenvalue weighted by atomic mass is 10.2. The Balaban J connectivity index is 1.72. The topological polar surface area (TPSA) is 77.0 Å². The molecule has 0 saturated carbocycles. The summed E-state index contributed by atoms with van der Waals surface area (Å²) >= 11 is 0. The Kier molecular flexibility index (Phi) is 8.90. The van der Waals surface area contributed by atoms with Gasteiger partial charge in [0.15, 0.2) is 0 Å². The van der Waals surface area contributed by atoms with Gasteiger partial charge in [0, 0.05) is 15.9 Å². The van der Waals surface area contributed by atoms with Gasteiger partial charge in [-0.25, -0.2) is 9.59 Å². The number of carbonyl (C=O) groups excluding carboxylic acids is 2. The summed E-state index contributed by atoms with van der Waals surface area (Å²) in [6.45, 7) is 0.103. The Labute approximate surface area is 217 Å². The fourth-order valence-electron chi connectivity index (χ4n) is 4.06. The summed E-state index contributed by atoms with van der Waals surface area (Å²) in [7, 11) is -1.25. The summed E-state index contributed by atoms with van der Waals surface area (Å²) in [6, 6.07) is 38.5. The third-order valence-corrected chi connectivity index (χ3v) is 9.58. The number of hydrogen-bond acceptors (Lipinski definition) is 5. The molecule has 0 aliphatic heterocycles. The van der Waals surface area contributed by atoms with Crippen molar-refractivity contribution in [3.63, 3.8) is 0 Å². The Hall–Kier alpha value is -4.15. The SMILES string of the molecule is COC(=O)C(CN=P(c1ccccc1)(c1ccccc1)c1ccccc1)NC(=O)OCc1ccccc1. The molecule has 1 N–H and O–H groups in total. The van der Waals surface area contributed by atoms with Crippen LogP contribution in [0.1, 0.15) is 5.56 Å². The number of amides is 1. The van der Waals surface area contributed by atoms with Crippen LogP contribution in [-0.2, 0) is 20.9 Å². The number of methoxy groups -OCH3 is 1. The van der Waals surface area contributed by atoms with Crippen LogP contribution in [0, 0.1) is 0 Å². The molecular weight excluding hydrogens is 483 g/mol. The van der Waals surface area contributed by atoms with Gasteiger partial charge in [0.05, 0.1) is 20.7 Å². The van der Waals surface area contributed by atoms with Crippen LogP contribution in [-0.4, -0.2) is 31.8 Å². The van der Waals surface area contributed by atoms with Gasteiger partial charge in [-0.15, -0.1) is 0 Å². The van der Waals surface area contributed by atoms with E-state index in [2.05, 4.69) is 41.7 Å². The van der Waals surface area contributed by atoms with Crippen molar-refractivity contribution in [2.45, 2.75) is 12.6 Å². The first-order valence-corrected chi connectivity index (χ1v) is 13.7. The molecule has 0 aliphatic carbocycles. The summed E-state index contributed by atoms with van der Waals surface area (Å²) in [5.74, 6) is -0.590. The molecule has 0 aliphatic rings. The fourth-order valence-corrected chi connectivity index (χ4v) is 7.66. The van der Waals surface area contributed by atoms with E-state index in [-0.39, 0.29) is 13.2 Å². The summed E-state index contributed by atoms with van der Waals surface area (Å²) in [5.41, 5.74) is 0.846. The lowest BCUT2D eigenvalue weighted by Gasteiger charge is -2.28. The van der Waals surface area contributed by atoms with Crippen LogP contribution >= 0.6 is 7.05 Å². The smallest absolute Gasteiger partial charge is 0.408 e. The molecule has 1 atom stereocenters. The van der Waals surface area contributed by atoms with Crippen LogP contribution in [0.2, 0.25) is 0 Å². The number of nitrogens with one attached hydrogen (secondary N) is 1. The first kappa shape index (κ1) is 25.9. The van der Waals surface area contributed by atoms with E-state index in [9.17, 15) is 9.59 Å². The number of esters is 1. The molecule has 7 heteroatoms. The minimum Gasteiger partial charge on any atom is -0.467 e. The van der Waals surface area contributed by atoms with Gasteiger partial charge in [-0.1, -0.05) is 121 Å². The van der Waals surface area contributed by atoms with Gasteiger partial charge < -0.3 is 14.8 Å². The second-order valence-corrected chi connectivity index (χ2v) is 11.4. The first-order chi connectivity index (χ1) is 18.1. The zero-order valence-electron chi connectivity index (χ0n) is 20.6. The van der Waals surface area contributed by atoms with Gasteiger partial charge in [0.25, 0.3) is 0 Å². The van der Waals surface area contributed by atoms with Crippen molar-refractivity contribution in [1.82, 2.24) is 5.32 Å². The molecule has 4 rings (SSSR count). The van der Waals surface area contributed by atoms with Gasteiger partial charge >= 0.3 is 12.1 Å². The highest BCUT2D eigenvalue weighted by Crippen LogP contribution is 2.46. The summed E-state index contributed by atoms with van der Waals surface area (Å²) in [5, 5.41) is 5.79. The maximum Gasteiger partial charge on any atom is 0.408 e. The average molecular weight is 513 g/mol. The van der Waals surface area contributed by atoms with Crippen LogP contribution in [0.4, 0.5) is 4.79 Å². The lowest BCUT2D eigenvalue weighted by molar-refractivity contribution is -0.142. The molecule has 37 heavy (non-hydrogen) atoms. The normalized spacial score (nSPS) is 11.7. The van der Waals surface area contributed by atoms with E-state index in [4.69, 9.17) is 14.2 Å². The third kappa shape index (κ3) is 6.35. The number of carbonyl (C=O) groups is 2. The van der Waals surface area contributed by atoms with Crippen LogP contribution in [0.25, 0.3) is 0 Å². The number of ether oxygens (including phenoxy) is 2. The predicted molar refractivity (Wildman–Crippen MR) is 148 cm³/mol. The minimum absolute atomic E-state index is 0.0135. The predicted octanol–water partition coefficient (Wildman–Crippen LogP) is 4.63. The van der Waals surface area contributed by atoms with E-state index in [1.807, 2.05) is 84.9 Å². The molecule has 188 valence electrons. The summed E-state index contributed by atoms with van der Waals surface area (Å²) in [4.78, 5) is 25.3. The first-order valence-electron chi connectivity index (χ1n) is 11.9. The molecular formula is C30H29N2O4P. The van der Waals surface area contributed by atoms with Gasteiger partial charge in [0.1, 0.15) is 12.6 Å². The van der Waals surface area contributed by atoms with Crippen LogP contribution in [0.15, 0.2) is 126 Å². The Morgan fingerprint density at radius 2 is 1.16 bits per heavy atom. The molecule has 4 aromatic carbocycles. The monoisotopic (exact) mass is 512 g/mol. The molecule has 0 fully saturated rings. The van der Waals surface area contributed by atoms with Crippen LogP contribution < -0.4 is 21.2 Å². The molecule has 0 radical (unpaired) electrons. The molecule has 0 heterocycles. The minimum atomic E-state index is -2.54. The largest absolute Gasteiger partial charge is 0.467 e. The molecule has 6 nitrogen and oxygen atoms in total. The highest BCUT2D eigenvalue weighted by atomic mass is 31.2. The van der Waals surface area contributed by atoms with E-state index < -0.39 is 25.2 Å². The van der Waals surface area contributed by atoms with E-state index in [1.54, 1.807) is 0 Å². The van der Waals surface area contributed by atoms with Crippen molar-refractivity contribution in [2.75, 3.05) is 13.7 Å². The van der Waals surface area contributed by atoms with Crippen LogP contribution in [0.5, 0.6) is 0 Å². The van der Waals surface area contributed by atoms with Gasteiger partial charge in [0.2, 0.25) is 0 Å². The molecule has 0 spiro atoms. The van der Waals surface area contributed by atoms with Crippen LogP contribution in [0.3, 0.4) is 0 Å². The second kappa shape index (κ2) is 12.7. The maximum absolute atomic E-state index is 12.7. The zero-order valence-corrected chi connectivity index (χ0v) is 21.5. The maximum atomic E-state index is 12.7. The van der Waals surface area contributed by atoms with E-state index in [0.717, 1.165) is 21.5 Å². The van der Waals surface area contributed by atoms with Crippen molar-refractivity contribution in [3.05, 3.63) is 127 Å². The Morgan fingerprint density at radius 1 is 0.730 bits per heavy atom. The fraction of sp³-hybridized carbons (Fsp3) is 0.133. The molecule has 4 aromatic rings. The van der Waals surface area contributed by atoms with Crippen molar-refractivity contribution in [2.24, 2.45) is 4.74 Å². The molecule has 1 unspecified atom stereocenters. The summed E-state index contributed by atoms with van der Waals surface area (Å²) < 4.78 is 15.6. The third-order valence-electron chi connectivity index (χ3n) is 5.86. The van der Waals surface area contributed by atoms with Crippen molar-refractivity contribution < 1.29 is 19.1 Å². The molecule has 0 aromatic heterocycles. The van der Waals surface area contributed by atoms with Crippen molar-refractivity contribution >= 4 is 35.0 Å². The van der Waals surface area contributed by atoms with Gasteiger partial charge in [-0.05, 0) is 5.56 Å². The number of rotatable bonds is 9. The number of benzene rings is 4. The highest BCUT2D eigenvalue weighted by Gasteiger charge is 2.29. The molecule has 0 bridgehead atoms. The standard InChI is InChI=1S/C30H29N2O4P/c1-35-29(33)28(32-30(34)36-23-24-14-6-2-7-15-24)22-31-37(25-16-8-3-9-17-25,26-18-10-4-11-19-26)27-20-12-5-13-21-27/h2-21,28H,22-23H2,1H3,(H,32,34). The number of alkyl carbamates (subject to hydrolysis) is 1. The molecule has 1 amide bonds. The van der Waals surface area contributed by atoms with Crippen molar-refractivity contribution in [3.8, 4) is 0 Å².